The maximum absolute atomic E-state index is 12.0. The van der Waals surface area contributed by atoms with Gasteiger partial charge in [0.1, 0.15) is 10.5 Å². The standard InChI is InChI=1S/C16H20N2O6S/c1-16(15(19)17-20,25(3,21)22)9-8-11-10-14(24-18-11)12-6-4-5-7-13(12)23-2/h4-7,10,20H,8-9H2,1-3H3,(H,17,19). The van der Waals surface area contributed by atoms with Crippen LogP contribution in [0.5, 0.6) is 5.75 Å². The summed E-state index contributed by atoms with van der Waals surface area (Å²) in [5, 5.41) is 12.7. The molecule has 1 heterocycles. The zero-order chi connectivity index (χ0) is 18.7. The number of para-hydroxylation sites is 1. The Morgan fingerprint density at radius 3 is 2.68 bits per heavy atom. The van der Waals surface area contributed by atoms with Crippen molar-refractivity contribution in [3.05, 3.63) is 36.0 Å². The van der Waals surface area contributed by atoms with Crippen LogP contribution in [0, 0.1) is 0 Å². The number of hydroxylamine groups is 1. The molecule has 136 valence electrons. The number of aromatic nitrogens is 1. The summed E-state index contributed by atoms with van der Waals surface area (Å²) in [7, 11) is -2.21. The molecule has 0 aliphatic rings. The summed E-state index contributed by atoms with van der Waals surface area (Å²) >= 11 is 0. The number of hydrogen-bond donors (Lipinski definition) is 2. The van der Waals surface area contributed by atoms with Gasteiger partial charge in [0.25, 0.3) is 5.91 Å². The van der Waals surface area contributed by atoms with Crippen LogP contribution in [0.4, 0.5) is 0 Å². The molecule has 1 aromatic heterocycles. The van der Waals surface area contributed by atoms with E-state index >= 15 is 0 Å². The van der Waals surface area contributed by atoms with Gasteiger partial charge in [-0.1, -0.05) is 17.3 Å². The molecule has 0 bridgehead atoms. The average Bonchev–Trinajstić information content (AvgIpc) is 3.06. The lowest BCUT2D eigenvalue weighted by molar-refractivity contribution is -0.131. The van der Waals surface area contributed by atoms with Gasteiger partial charge in [-0.25, -0.2) is 13.9 Å². The minimum Gasteiger partial charge on any atom is -0.496 e. The summed E-state index contributed by atoms with van der Waals surface area (Å²) in [6, 6.07) is 8.90. The molecule has 25 heavy (non-hydrogen) atoms. The molecule has 1 aromatic carbocycles. The van der Waals surface area contributed by atoms with E-state index in [4.69, 9.17) is 14.5 Å². The van der Waals surface area contributed by atoms with Crippen molar-refractivity contribution in [3.63, 3.8) is 0 Å². The highest BCUT2D eigenvalue weighted by Crippen LogP contribution is 2.31. The van der Waals surface area contributed by atoms with Crippen LogP contribution in [0.15, 0.2) is 34.9 Å². The lowest BCUT2D eigenvalue weighted by Crippen LogP contribution is -2.49. The van der Waals surface area contributed by atoms with Crippen molar-refractivity contribution in [2.45, 2.75) is 24.5 Å². The maximum atomic E-state index is 12.0. The molecule has 9 heteroatoms. The third-order valence-electron chi connectivity index (χ3n) is 4.19. The van der Waals surface area contributed by atoms with Gasteiger partial charge in [0.05, 0.1) is 18.4 Å². The van der Waals surface area contributed by atoms with E-state index in [2.05, 4.69) is 5.16 Å². The number of hydrogen-bond acceptors (Lipinski definition) is 7. The number of sulfone groups is 1. The smallest absolute Gasteiger partial charge is 0.264 e. The Kier molecular flexibility index (Phi) is 5.48. The summed E-state index contributed by atoms with van der Waals surface area (Å²) < 4.78 is 32.7. The van der Waals surface area contributed by atoms with Gasteiger partial charge in [-0.05, 0) is 31.9 Å². The third-order valence-corrected chi connectivity index (χ3v) is 6.22. The van der Waals surface area contributed by atoms with Crippen molar-refractivity contribution in [1.29, 1.82) is 0 Å². The van der Waals surface area contributed by atoms with E-state index < -0.39 is 20.5 Å². The van der Waals surface area contributed by atoms with E-state index in [0.29, 0.717) is 22.8 Å². The van der Waals surface area contributed by atoms with Gasteiger partial charge in [0.2, 0.25) is 0 Å². The molecule has 1 unspecified atom stereocenters. The second-order valence-corrected chi connectivity index (χ2v) is 8.27. The number of aryl methyl sites for hydroxylation is 1. The molecule has 2 aromatic rings. The van der Waals surface area contributed by atoms with Crippen molar-refractivity contribution >= 4 is 15.7 Å². The van der Waals surface area contributed by atoms with Crippen molar-refractivity contribution < 1.29 is 27.7 Å². The number of methoxy groups -OCH3 is 1. The largest absolute Gasteiger partial charge is 0.496 e. The van der Waals surface area contributed by atoms with Crippen LogP contribution < -0.4 is 10.2 Å². The third kappa shape index (κ3) is 3.83. The van der Waals surface area contributed by atoms with Crippen LogP contribution in [0.3, 0.4) is 0 Å². The first kappa shape index (κ1) is 18.9. The highest BCUT2D eigenvalue weighted by Gasteiger charge is 2.43. The summed E-state index contributed by atoms with van der Waals surface area (Å²) in [4.78, 5) is 11.8. The second-order valence-electron chi connectivity index (χ2n) is 5.83. The van der Waals surface area contributed by atoms with Crippen molar-refractivity contribution in [2.75, 3.05) is 13.4 Å². The maximum Gasteiger partial charge on any atom is 0.264 e. The zero-order valence-electron chi connectivity index (χ0n) is 14.1. The molecule has 2 N–H and O–H groups in total. The van der Waals surface area contributed by atoms with Gasteiger partial charge < -0.3 is 9.26 Å². The van der Waals surface area contributed by atoms with Crippen LogP contribution in [0.2, 0.25) is 0 Å². The Bertz CT molecular complexity index is 861. The molecule has 0 saturated heterocycles. The topological polar surface area (TPSA) is 119 Å². The second kappa shape index (κ2) is 7.24. The summed E-state index contributed by atoms with van der Waals surface area (Å²) in [6.07, 6.45) is 1.07. The van der Waals surface area contributed by atoms with E-state index in [-0.39, 0.29) is 12.8 Å². The zero-order valence-corrected chi connectivity index (χ0v) is 15.0. The number of amides is 1. The Morgan fingerprint density at radius 1 is 1.40 bits per heavy atom. The normalized spacial score (nSPS) is 13.9. The number of carbonyl (C=O) groups is 1. The molecule has 2 rings (SSSR count). The molecule has 0 saturated carbocycles. The van der Waals surface area contributed by atoms with Crippen LogP contribution in [-0.2, 0) is 21.1 Å². The molecule has 8 nitrogen and oxygen atoms in total. The number of nitrogens with one attached hydrogen (secondary N) is 1. The highest BCUT2D eigenvalue weighted by atomic mass is 32.2. The number of ether oxygens (including phenoxy) is 1. The van der Waals surface area contributed by atoms with Gasteiger partial charge in [-0.3, -0.25) is 10.0 Å². The number of nitrogens with zero attached hydrogens (tertiary/aromatic N) is 1. The number of benzene rings is 1. The highest BCUT2D eigenvalue weighted by molar-refractivity contribution is 7.92. The van der Waals surface area contributed by atoms with Crippen molar-refractivity contribution in [3.8, 4) is 17.1 Å². The van der Waals surface area contributed by atoms with Crippen LogP contribution in [-0.4, -0.2) is 42.8 Å². The van der Waals surface area contributed by atoms with Crippen LogP contribution in [0.1, 0.15) is 19.0 Å². The van der Waals surface area contributed by atoms with Crippen molar-refractivity contribution in [1.82, 2.24) is 10.6 Å². The Balaban J connectivity index is 2.22. The first-order chi connectivity index (χ1) is 11.7. The fourth-order valence-corrected chi connectivity index (χ4v) is 3.21. The fourth-order valence-electron chi connectivity index (χ4n) is 2.36. The predicted molar refractivity (Wildman–Crippen MR) is 90.0 cm³/mol. The fraction of sp³-hybridized carbons (Fsp3) is 0.375. The van der Waals surface area contributed by atoms with Gasteiger partial charge >= 0.3 is 0 Å². The number of carbonyl (C=O) groups excluding carboxylic acids is 1. The lowest BCUT2D eigenvalue weighted by Gasteiger charge is -2.24. The molecule has 0 aliphatic heterocycles. The quantitative estimate of drug-likeness (QED) is 0.563. The lowest BCUT2D eigenvalue weighted by atomic mass is 10.0. The van der Waals surface area contributed by atoms with E-state index in [9.17, 15) is 13.2 Å². The number of rotatable bonds is 7. The monoisotopic (exact) mass is 368 g/mol. The minimum atomic E-state index is -3.75. The SMILES string of the molecule is COc1ccccc1-c1cc(CCC(C)(C(=O)NO)S(C)(=O)=O)no1. The van der Waals surface area contributed by atoms with Crippen LogP contribution in [0.25, 0.3) is 11.3 Å². The molecule has 1 atom stereocenters. The summed E-state index contributed by atoms with van der Waals surface area (Å²) in [5.74, 6) is 0.106. The van der Waals surface area contributed by atoms with Gasteiger partial charge in [-0.15, -0.1) is 0 Å². The van der Waals surface area contributed by atoms with Gasteiger partial charge in [-0.2, -0.15) is 0 Å². The molecular formula is C16H20N2O6S. The van der Waals surface area contributed by atoms with Gasteiger partial charge in [0, 0.05) is 12.3 Å². The average molecular weight is 368 g/mol. The molecule has 0 spiro atoms. The molecule has 0 aliphatic carbocycles. The predicted octanol–water partition coefficient (Wildman–Crippen LogP) is 1.59. The van der Waals surface area contributed by atoms with Crippen molar-refractivity contribution in [2.24, 2.45) is 0 Å². The molecule has 1 amide bonds. The Labute approximate surface area is 145 Å². The first-order valence-electron chi connectivity index (χ1n) is 7.46. The molecule has 0 fully saturated rings. The summed E-state index contributed by atoms with van der Waals surface area (Å²) in [5.41, 5.74) is 2.61. The van der Waals surface area contributed by atoms with Crippen LogP contribution >= 0.6 is 0 Å². The minimum absolute atomic E-state index is 0.0594. The first-order valence-corrected chi connectivity index (χ1v) is 9.35. The summed E-state index contributed by atoms with van der Waals surface area (Å²) in [6.45, 7) is 1.26. The van der Waals surface area contributed by atoms with E-state index in [1.165, 1.54) is 12.4 Å². The Hall–Kier alpha value is -2.39. The van der Waals surface area contributed by atoms with E-state index in [1.807, 2.05) is 18.2 Å². The Morgan fingerprint density at radius 2 is 2.08 bits per heavy atom. The molecular weight excluding hydrogens is 348 g/mol. The van der Waals surface area contributed by atoms with E-state index in [0.717, 1.165) is 6.26 Å². The molecule has 0 radical (unpaired) electrons. The van der Waals surface area contributed by atoms with E-state index in [1.54, 1.807) is 19.2 Å². The van der Waals surface area contributed by atoms with Gasteiger partial charge in [0.15, 0.2) is 15.6 Å².